The van der Waals surface area contributed by atoms with Gasteiger partial charge < -0.3 is 16.0 Å². The number of carbonyl (C=O) groups is 1. The van der Waals surface area contributed by atoms with Crippen molar-refractivity contribution in [2.45, 2.75) is 6.17 Å². The number of nitrogens with two attached hydrogens (primary N) is 1. The van der Waals surface area contributed by atoms with E-state index in [2.05, 4.69) is 15.2 Å². The molecule has 0 fully saturated rings. The Kier molecular flexibility index (Phi) is 3.35. The normalized spacial score (nSPS) is 17.6. The molecule has 0 aliphatic carbocycles. The van der Waals surface area contributed by atoms with Crippen molar-refractivity contribution in [3.8, 4) is 0 Å². The SMILES string of the molecule is NCCN1c2ccccc2C(=O)NC1c1ccncc1. The summed E-state index contributed by atoms with van der Waals surface area (Å²) in [6.07, 6.45) is 3.24. The number of pyridine rings is 1. The highest BCUT2D eigenvalue weighted by molar-refractivity contribution is 6.02. The summed E-state index contributed by atoms with van der Waals surface area (Å²) in [6.45, 7) is 1.19. The minimum absolute atomic E-state index is 0.0596. The molecular weight excluding hydrogens is 252 g/mol. The minimum Gasteiger partial charge on any atom is -0.346 e. The van der Waals surface area contributed by atoms with Gasteiger partial charge in [0.2, 0.25) is 0 Å². The quantitative estimate of drug-likeness (QED) is 0.880. The number of fused-ring (bicyclic) bond motifs is 1. The fourth-order valence-corrected chi connectivity index (χ4v) is 2.53. The number of anilines is 1. The van der Waals surface area contributed by atoms with Gasteiger partial charge in [0.25, 0.3) is 5.91 Å². The summed E-state index contributed by atoms with van der Waals surface area (Å²) in [7, 11) is 0. The van der Waals surface area contributed by atoms with Crippen molar-refractivity contribution in [1.29, 1.82) is 0 Å². The first kappa shape index (κ1) is 12.6. The number of nitrogens with one attached hydrogen (secondary N) is 1. The first-order valence-corrected chi connectivity index (χ1v) is 6.58. The molecule has 0 spiro atoms. The van der Waals surface area contributed by atoms with Crippen molar-refractivity contribution in [2.75, 3.05) is 18.0 Å². The second-order valence-corrected chi connectivity index (χ2v) is 4.66. The number of amides is 1. The lowest BCUT2D eigenvalue weighted by Crippen LogP contribution is -2.48. The van der Waals surface area contributed by atoms with Crippen molar-refractivity contribution in [3.05, 3.63) is 59.9 Å². The number of nitrogens with zero attached hydrogens (tertiary/aromatic N) is 2. The van der Waals surface area contributed by atoms with Crippen LogP contribution in [0.15, 0.2) is 48.8 Å². The first-order valence-electron chi connectivity index (χ1n) is 6.58. The van der Waals surface area contributed by atoms with Crippen molar-refractivity contribution < 1.29 is 4.79 Å². The molecule has 1 aliphatic heterocycles. The second kappa shape index (κ2) is 5.30. The second-order valence-electron chi connectivity index (χ2n) is 4.66. The van der Waals surface area contributed by atoms with E-state index in [0.717, 1.165) is 11.3 Å². The third-order valence-electron chi connectivity index (χ3n) is 3.43. The van der Waals surface area contributed by atoms with E-state index >= 15 is 0 Å². The van der Waals surface area contributed by atoms with Crippen LogP contribution in [0.2, 0.25) is 0 Å². The maximum absolute atomic E-state index is 12.2. The molecule has 102 valence electrons. The van der Waals surface area contributed by atoms with Gasteiger partial charge in [-0.1, -0.05) is 12.1 Å². The average molecular weight is 268 g/mol. The maximum atomic E-state index is 12.2. The molecule has 2 heterocycles. The molecule has 5 nitrogen and oxygen atoms in total. The summed E-state index contributed by atoms with van der Waals surface area (Å²) in [5.41, 5.74) is 8.33. The monoisotopic (exact) mass is 268 g/mol. The van der Waals surface area contributed by atoms with Gasteiger partial charge in [-0.15, -0.1) is 0 Å². The van der Waals surface area contributed by atoms with Crippen LogP contribution in [0.25, 0.3) is 0 Å². The number of rotatable bonds is 3. The van der Waals surface area contributed by atoms with E-state index in [9.17, 15) is 4.79 Å². The summed E-state index contributed by atoms with van der Waals surface area (Å²) in [5, 5.41) is 3.03. The lowest BCUT2D eigenvalue weighted by Gasteiger charge is -2.39. The van der Waals surface area contributed by atoms with E-state index in [1.807, 2.05) is 36.4 Å². The Balaban J connectivity index is 2.06. The average Bonchev–Trinajstić information content (AvgIpc) is 2.51. The van der Waals surface area contributed by atoms with Crippen LogP contribution >= 0.6 is 0 Å². The third kappa shape index (κ3) is 2.12. The molecule has 20 heavy (non-hydrogen) atoms. The summed E-state index contributed by atoms with van der Waals surface area (Å²) in [5.74, 6) is -0.0596. The fourth-order valence-electron chi connectivity index (χ4n) is 2.53. The number of hydrogen-bond donors (Lipinski definition) is 2. The van der Waals surface area contributed by atoms with E-state index in [0.29, 0.717) is 18.7 Å². The minimum atomic E-state index is -0.205. The van der Waals surface area contributed by atoms with Gasteiger partial charge in [-0.25, -0.2) is 0 Å². The Labute approximate surface area is 117 Å². The number of hydrogen-bond acceptors (Lipinski definition) is 4. The van der Waals surface area contributed by atoms with Crippen LogP contribution in [0.3, 0.4) is 0 Å². The molecule has 1 aliphatic rings. The molecule has 1 amide bonds. The van der Waals surface area contributed by atoms with Crippen LogP contribution in [-0.4, -0.2) is 24.0 Å². The molecule has 1 unspecified atom stereocenters. The summed E-state index contributed by atoms with van der Waals surface area (Å²) < 4.78 is 0. The lowest BCUT2D eigenvalue weighted by molar-refractivity contribution is 0.0926. The highest BCUT2D eigenvalue weighted by Crippen LogP contribution is 2.32. The van der Waals surface area contributed by atoms with E-state index < -0.39 is 0 Å². The van der Waals surface area contributed by atoms with Gasteiger partial charge in [-0.2, -0.15) is 0 Å². The van der Waals surface area contributed by atoms with Crippen LogP contribution in [0, 0.1) is 0 Å². The Morgan fingerprint density at radius 3 is 2.70 bits per heavy atom. The predicted octanol–water partition coefficient (Wildman–Crippen LogP) is 1.29. The van der Waals surface area contributed by atoms with E-state index in [4.69, 9.17) is 5.73 Å². The van der Waals surface area contributed by atoms with Crippen LogP contribution in [0.4, 0.5) is 5.69 Å². The highest BCUT2D eigenvalue weighted by Gasteiger charge is 2.30. The smallest absolute Gasteiger partial charge is 0.255 e. The molecule has 2 aromatic rings. The molecule has 3 rings (SSSR count). The topological polar surface area (TPSA) is 71.2 Å². The third-order valence-corrected chi connectivity index (χ3v) is 3.43. The number of carbonyl (C=O) groups excluding carboxylic acids is 1. The van der Waals surface area contributed by atoms with Crippen molar-refractivity contribution in [2.24, 2.45) is 5.73 Å². The maximum Gasteiger partial charge on any atom is 0.255 e. The van der Waals surface area contributed by atoms with Gasteiger partial charge in [0, 0.05) is 25.5 Å². The van der Waals surface area contributed by atoms with Gasteiger partial charge in [0.15, 0.2) is 0 Å². The fraction of sp³-hybridized carbons (Fsp3) is 0.200. The Bertz CT molecular complexity index is 614. The van der Waals surface area contributed by atoms with E-state index in [-0.39, 0.29) is 12.1 Å². The van der Waals surface area contributed by atoms with Crippen molar-refractivity contribution in [3.63, 3.8) is 0 Å². The molecule has 0 saturated carbocycles. The summed E-state index contributed by atoms with van der Waals surface area (Å²) >= 11 is 0. The zero-order chi connectivity index (χ0) is 13.9. The molecular formula is C15H16N4O. The predicted molar refractivity (Wildman–Crippen MR) is 77.3 cm³/mol. The van der Waals surface area contributed by atoms with Crippen molar-refractivity contribution in [1.82, 2.24) is 10.3 Å². The number of para-hydroxylation sites is 1. The molecule has 1 atom stereocenters. The van der Waals surface area contributed by atoms with Crippen molar-refractivity contribution >= 4 is 11.6 Å². The molecule has 0 radical (unpaired) electrons. The molecule has 3 N–H and O–H groups in total. The standard InChI is InChI=1S/C15H16N4O/c16-7-10-19-13-4-2-1-3-12(13)15(20)18-14(19)11-5-8-17-9-6-11/h1-6,8-9,14H,7,10,16H2,(H,18,20). The summed E-state index contributed by atoms with van der Waals surface area (Å²) in [6, 6.07) is 11.4. The van der Waals surface area contributed by atoms with Gasteiger partial charge in [0.1, 0.15) is 6.17 Å². The lowest BCUT2D eigenvalue weighted by atomic mass is 10.0. The summed E-state index contributed by atoms with van der Waals surface area (Å²) in [4.78, 5) is 18.4. The molecule has 1 aromatic heterocycles. The highest BCUT2D eigenvalue weighted by atomic mass is 16.2. The first-order chi connectivity index (χ1) is 9.81. The largest absolute Gasteiger partial charge is 0.346 e. The van der Waals surface area contributed by atoms with E-state index in [1.54, 1.807) is 12.4 Å². The molecule has 0 saturated heterocycles. The van der Waals surface area contributed by atoms with Crippen LogP contribution in [0.5, 0.6) is 0 Å². The number of aromatic nitrogens is 1. The molecule has 1 aromatic carbocycles. The Hall–Kier alpha value is -2.40. The Morgan fingerprint density at radius 2 is 1.95 bits per heavy atom. The van der Waals surface area contributed by atoms with Gasteiger partial charge >= 0.3 is 0 Å². The number of benzene rings is 1. The van der Waals surface area contributed by atoms with E-state index in [1.165, 1.54) is 0 Å². The van der Waals surface area contributed by atoms with Gasteiger partial charge in [-0.05, 0) is 29.8 Å². The zero-order valence-corrected chi connectivity index (χ0v) is 11.0. The van der Waals surface area contributed by atoms with Gasteiger partial charge in [-0.3, -0.25) is 9.78 Å². The molecule has 5 heteroatoms. The molecule has 0 bridgehead atoms. The zero-order valence-electron chi connectivity index (χ0n) is 11.0. The van der Waals surface area contributed by atoms with Crippen LogP contribution in [-0.2, 0) is 0 Å². The Morgan fingerprint density at radius 1 is 1.20 bits per heavy atom. The van der Waals surface area contributed by atoms with Crippen LogP contribution in [0.1, 0.15) is 22.1 Å². The van der Waals surface area contributed by atoms with Gasteiger partial charge in [0.05, 0.1) is 11.3 Å². The van der Waals surface area contributed by atoms with Crippen LogP contribution < -0.4 is 16.0 Å².